The fourth-order valence-corrected chi connectivity index (χ4v) is 3.36. The third-order valence-electron chi connectivity index (χ3n) is 4.63. The van der Waals surface area contributed by atoms with Gasteiger partial charge in [-0.2, -0.15) is 9.61 Å². The van der Waals surface area contributed by atoms with Crippen LogP contribution in [0.4, 0.5) is 5.82 Å². The Morgan fingerprint density at radius 1 is 1.00 bits per heavy atom. The molecule has 0 saturated heterocycles. The highest BCUT2D eigenvalue weighted by atomic mass is 35.5. The molecule has 5 heteroatoms. The molecule has 0 aliphatic rings. The van der Waals surface area contributed by atoms with Gasteiger partial charge in [0.2, 0.25) is 0 Å². The third kappa shape index (κ3) is 3.67. The minimum absolute atomic E-state index is 0.720. The number of benzene rings is 2. The molecule has 0 fully saturated rings. The first-order valence-electron chi connectivity index (χ1n) is 9.02. The van der Waals surface area contributed by atoms with Crippen LogP contribution >= 0.6 is 11.6 Å². The van der Waals surface area contributed by atoms with E-state index in [2.05, 4.69) is 36.5 Å². The van der Waals surface area contributed by atoms with E-state index in [-0.39, 0.29) is 0 Å². The maximum absolute atomic E-state index is 6.02. The fourth-order valence-electron chi connectivity index (χ4n) is 3.23. The van der Waals surface area contributed by atoms with E-state index < -0.39 is 0 Å². The molecule has 0 saturated carbocycles. The van der Waals surface area contributed by atoms with E-state index in [1.807, 2.05) is 47.8 Å². The van der Waals surface area contributed by atoms with E-state index in [4.69, 9.17) is 21.7 Å². The lowest BCUT2D eigenvalue weighted by atomic mass is 10.1. The molecule has 136 valence electrons. The van der Waals surface area contributed by atoms with Crippen molar-refractivity contribution in [1.82, 2.24) is 14.6 Å². The number of rotatable bonds is 5. The third-order valence-corrected chi connectivity index (χ3v) is 4.88. The number of nitrogens with one attached hydrogen (secondary N) is 1. The molecule has 2 aromatic carbocycles. The molecule has 1 N–H and O–H groups in total. The second-order valence-corrected chi connectivity index (χ2v) is 7.10. The van der Waals surface area contributed by atoms with Crippen molar-refractivity contribution < 1.29 is 0 Å². The predicted octanol–water partition coefficient (Wildman–Crippen LogP) is 5.32. The Morgan fingerprint density at radius 2 is 1.74 bits per heavy atom. The Balaban J connectivity index is 1.66. The van der Waals surface area contributed by atoms with Crippen molar-refractivity contribution in [2.75, 3.05) is 11.9 Å². The van der Waals surface area contributed by atoms with Gasteiger partial charge in [-0.3, -0.25) is 0 Å². The van der Waals surface area contributed by atoms with E-state index in [9.17, 15) is 0 Å². The minimum atomic E-state index is 0.720. The van der Waals surface area contributed by atoms with Crippen molar-refractivity contribution in [1.29, 1.82) is 0 Å². The first-order valence-corrected chi connectivity index (χ1v) is 9.40. The average molecular weight is 377 g/mol. The second kappa shape index (κ2) is 7.41. The number of aryl methyl sites for hydroxylation is 2. The molecule has 0 amide bonds. The number of anilines is 1. The van der Waals surface area contributed by atoms with E-state index in [1.54, 1.807) is 0 Å². The van der Waals surface area contributed by atoms with Gasteiger partial charge in [-0.05, 0) is 38.0 Å². The molecule has 0 unspecified atom stereocenters. The fraction of sp³-hybridized carbons (Fsp3) is 0.182. The van der Waals surface area contributed by atoms with E-state index in [0.717, 1.165) is 52.0 Å². The van der Waals surface area contributed by atoms with Crippen molar-refractivity contribution in [2.45, 2.75) is 20.3 Å². The normalized spacial score (nSPS) is 11.1. The SMILES string of the molecule is Cc1cc(NCCc2ccccc2)n2nc(-c3ccc(Cl)cc3)c(C)c2n1. The topological polar surface area (TPSA) is 42.2 Å². The van der Waals surface area contributed by atoms with Crippen LogP contribution in [0.3, 0.4) is 0 Å². The first kappa shape index (κ1) is 17.6. The molecule has 0 aliphatic carbocycles. The molecule has 0 aliphatic heterocycles. The van der Waals surface area contributed by atoms with E-state index in [1.165, 1.54) is 5.56 Å². The zero-order chi connectivity index (χ0) is 18.8. The van der Waals surface area contributed by atoms with Gasteiger partial charge in [0.25, 0.3) is 0 Å². The molecular weight excluding hydrogens is 356 g/mol. The minimum Gasteiger partial charge on any atom is -0.370 e. The monoisotopic (exact) mass is 376 g/mol. The van der Waals surface area contributed by atoms with Crippen LogP contribution < -0.4 is 5.32 Å². The van der Waals surface area contributed by atoms with E-state index in [0.29, 0.717) is 0 Å². The van der Waals surface area contributed by atoms with Crippen molar-refractivity contribution in [3.8, 4) is 11.3 Å². The lowest BCUT2D eigenvalue weighted by Gasteiger charge is -2.09. The highest BCUT2D eigenvalue weighted by molar-refractivity contribution is 6.30. The number of halogens is 1. The Bertz CT molecular complexity index is 1070. The summed E-state index contributed by atoms with van der Waals surface area (Å²) in [5.74, 6) is 0.955. The number of fused-ring (bicyclic) bond motifs is 1. The highest BCUT2D eigenvalue weighted by Gasteiger charge is 2.15. The molecule has 4 rings (SSSR count). The summed E-state index contributed by atoms with van der Waals surface area (Å²) in [5.41, 5.74) is 6.18. The van der Waals surface area contributed by atoms with Crippen LogP contribution in [0.5, 0.6) is 0 Å². The first-order chi connectivity index (χ1) is 13.1. The van der Waals surface area contributed by atoms with Gasteiger partial charge in [-0.1, -0.05) is 54.1 Å². The summed E-state index contributed by atoms with van der Waals surface area (Å²) in [6, 6.07) is 20.3. The van der Waals surface area contributed by atoms with Crippen molar-refractivity contribution in [3.05, 3.63) is 82.5 Å². The maximum Gasteiger partial charge on any atom is 0.161 e. The molecule has 2 aromatic heterocycles. The quantitative estimate of drug-likeness (QED) is 0.512. The number of aromatic nitrogens is 3. The largest absolute Gasteiger partial charge is 0.370 e. The zero-order valence-corrected chi connectivity index (χ0v) is 16.2. The van der Waals surface area contributed by atoms with Crippen LogP contribution in [-0.4, -0.2) is 21.1 Å². The highest BCUT2D eigenvalue weighted by Crippen LogP contribution is 2.27. The van der Waals surface area contributed by atoms with Gasteiger partial charge in [0.15, 0.2) is 5.65 Å². The Labute approximate surface area is 163 Å². The smallest absolute Gasteiger partial charge is 0.161 e. The Morgan fingerprint density at radius 3 is 2.48 bits per heavy atom. The molecule has 4 aromatic rings. The van der Waals surface area contributed by atoms with Gasteiger partial charge in [-0.15, -0.1) is 0 Å². The van der Waals surface area contributed by atoms with Gasteiger partial charge in [0.1, 0.15) is 5.82 Å². The summed E-state index contributed by atoms with van der Waals surface area (Å²) in [7, 11) is 0. The lowest BCUT2D eigenvalue weighted by Crippen LogP contribution is -2.10. The van der Waals surface area contributed by atoms with Gasteiger partial charge >= 0.3 is 0 Å². The van der Waals surface area contributed by atoms with E-state index >= 15 is 0 Å². The maximum atomic E-state index is 6.02. The summed E-state index contributed by atoms with van der Waals surface area (Å²) in [6.07, 6.45) is 0.952. The van der Waals surface area contributed by atoms with Crippen LogP contribution in [0.15, 0.2) is 60.7 Å². The molecule has 4 nitrogen and oxygen atoms in total. The molecule has 0 bridgehead atoms. The van der Waals surface area contributed by atoms with Crippen LogP contribution in [0.2, 0.25) is 5.02 Å². The van der Waals surface area contributed by atoms with Gasteiger partial charge in [0.05, 0.1) is 5.69 Å². The summed E-state index contributed by atoms with van der Waals surface area (Å²) in [4.78, 5) is 4.70. The zero-order valence-electron chi connectivity index (χ0n) is 15.4. The van der Waals surface area contributed by atoms with Crippen LogP contribution in [-0.2, 0) is 6.42 Å². The summed E-state index contributed by atoms with van der Waals surface area (Å²) in [5, 5.41) is 9.06. The average Bonchev–Trinajstić information content (AvgIpc) is 3.00. The van der Waals surface area contributed by atoms with Gasteiger partial charge in [-0.25, -0.2) is 4.98 Å². The lowest BCUT2D eigenvalue weighted by molar-refractivity contribution is 0.909. The number of hydrogen-bond donors (Lipinski definition) is 1. The number of hydrogen-bond acceptors (Lipinski definition) is 3. The molecule has 27 heavy (non-hydrogen) atoms. The van der Waals surface area contributed by atoms with Gasteiger partial charge in [0, 0.05) is 34.5 Å². The van der Waals surface area contributed by atoms with Crippen LogP contribution in [0, 0.1) is 13.8 Å². The van der Waals surface area contributed by atoms with Gasteiger partial charge < -0.3 is 5.32 Å². The molecule has 0 radical (unpaired) electrons. The van der Waals surface area contributed by atoms with Crippen LogP contribution in [0.1, 0.15) is 16.8 Å². The molecule has 0 atom stereocenters. The second-order valence-electron chi connectivity index (χ2n) is 6.66. The Kier molecular flexibility index (Phi) is 4.82. The standard InChI is InChI=1S/C22H21ClN4/c1-15-14-20(24-13-12-17-6-4-3-5-7-17)27-22(25-15)16(2)21(26-27)18-8-10-19(23)11-9-18/h3-11,14,24H,12-13H2,1-2H3. The number of nitrogens with zero attached hydrogens (tertiary/aromatic N) is 3. The summed E-state index contributed by atoms with van der Waals surface area (Å²) >= 11 is 6.02. The van der Waals surface area contributed by atoms with Crippen molar-refractivity contribution in [3.63, 3.8) is 0 Å². The van der Waals surface area contributed by atoms with Crippen LogP contribution in [0.25, 0.3) is 16.9 Å². The van der Waals surface area contributed by atoms with Crippen molar-refractivity contribution in [2.24, 2.45) is 0 Å². The summed E-state index contributed by atoms with van der Waals surface area (Å²) < 4.78 is 1.90. The summed E-state index contributed by atoms with van der Waals surface area (Å²) in [6.45, 7) is 4.90. The predicted molar refractivity (Wildman–Crippen MR) is 112 cm³/mol. The molecule has 2 heterocycles. The Hall–Kier alpha value is -2.85. The molecular formula is C22H21ClN4. The van der Waals surface area contributed by atoms with Crippen molar-refractivity contribution >= 4 is 23.1 Å². The molecule has 0 spiro atoms.